The van der Waals surface area contributed by atoms with Crippen LogP contribution in [0.2, 0.25) is 0 Å². The molecule has 0 bridgehead atoms. The van der Waals surface area contributed by atoms with Gasteiger partial charge in [-0.25, -0.2) is 4.79 Å². The maximum Gasteiger partial charge on any atom is 0.327 e. The molecule has 0 aliphatic carbocycles. The zero-order valence-electron chi connectivity index (χ0n) is 13.3. The van der Waals surface area contributed by atoms with Gasteiger partial charge >= 0.3 is 5.97 Å². The Labute approximate surface area is 143 Å². The van der Waals surface area contributed by atoms with Crippen molar-refractivity contribution in [2.45, 2.75) is 42.1 Å². The predicted octanol–water partition coefficient (Wildman–Crippen LogP) is 0.318. The van der Waals surface area contributed by atoms with Gasteiger partial charge in [-0.15, -0.1) is 11.8 Å². The molecule has 2 saturated heterocycles. The molecule has 0 saturated carbocycles. The fourth-order valence-electron chi connectivity index (χ4n) is 3.20. The summed E-state index contributed by atoms with van der Waals surface area (Å²) in [5, 5.41) is 11.7. The number of thioether (sulfide) groups is 1. The normalized spacial score (nSPS) is 28.7. The number of carboxylic acids is 1. The molecule has 2 fully saturated rings. The van der Waals surface area contributed by atoms with E-state index < -0.39 is 34.7 Å². The van der Waals surface area contributed by atoms with Crippen molar-refractivity contribution in [2.24, 2.45) is 5.73 Å². The molecule has 24 heavy (non-hydrogen) atoms. The minimum absolute atomic E-state index is 0.375. The van der Waals surface area contributed by atoms with Crippen LogP contribution in [0.5, 0.6) is 0 Å². The first-order valence-electron chi connectivity index (χ1n) is 7.58. The Kier molecular flexibility index (Phi) is 4.05. The number of carboxylic acid groups (broad SMARTS) is 1. The van der Waals surface area contributed by atoms with Crippen LogP contribution in [0.25, 0.3) is 0 Å². The maximum atomic E-state index is 12.3. The standard InChI is InChI=1S/C16H19N3O4S/c1-16(2)11(15(22)23)19-13(21)10(14(19)24-16)18-12(20)9(17)8-6-4-3-5-7-8/h3-7,9-11,14H,17H2,1-2H3,(H,18,20)(H,22,23)/t9?,10-,11-,14-/m1/s1. The lowest BCUT2D eigenvalue weighted by Crippen LogP contribution is -2.71. The molecule has 2 amide bonds. The summed E-state index contributed by atoms with van der Waals surface area (Å²) in [6.07, 6.45) is 0. The Balaban J connectivity index is 1.71. The third-order valence-electron chi connectivity index (χ3n) is 4.41. The second kappa shape index (κ2) is 5.78. The summed E-state index contributed by atoms with van der Waals surface area (Å²) >= 11 is 1.38. The van der Waals surface area contributed by atoms with Gasteiger partial charge in [0.2, 0.25) is 11.8 Å². The van der Waals surface area contributed by atoms with Crippen molar-refractivity contribution in [3.63, 3.8) is 0 Å². The predicted molar refractivity (Wildman–Crippen MR) is 89.0 cm³/mol. The lowest BCUT2D eigenvalue weighted by Gasteiger charge is -2.43. The Morgan fingerprint density at radius 3 is 2.54 bits per heavy atom. The topological polar surface area (TPSA) is 113 Å². The van der Waals surface area contributed by atoms with Gasteiger partial charge in [0.05, 0.1) is 0 Å². The lowest BCUT2D eigenvalue weighted by atomic mass is 9.95. The van der Waals surface area contributed by atoms with Crippen LogP contribution in [-0.2, 0) is 14.4 Å². The molecular formula is C16H19N3O4S. The molecule has 1 aromatic carbocycles. The SMILES string of the molecule is CC1(C)S[C@@H]2[C@H](NC(=O)C(N)c3ccccc3)C(=O)N2[C@@H]1C(=O)O. The third-order valence-corrected chi connectivity index (χ3v) is 5.99. The fraction of sp³-hybridized carbons (Fsp3) is 0.438. The van der Waals surface area contributed by atoms with Crippen molar-refractivity contribution >= 4 is 29.5 Å². The number of carbonyl (C=O) groups is 3. The van der Waals surface area contributed by atoms with Crippen molar-refractivity contribution < 1.29 is 19.5 Å². The smallest absolute Gasteiger partial charge is 0.327 e. The highest BCUT2D eigenvalue weighted by Gasteiger charge is 2.64. The van der Waals surface area contributed by atoms with Gasteiger partial charge in [-0.05, 0) is 19.4 Å². The summed E-state index contributed by atoms with van der Waals surface area (Å²) < 4.78 is -0.618. The minimum atomic E-state index is -1.03. The molecule has 0 spiro atoms. The summed E-state index contributed by atoms with van der Waals surface area (Å²) in [6.45, 7) is 3.58. The Morgan fingerprint density at radius 1 is 1.33 bits per heavy atom. The molecule has 2 aliphatic rings. The van der Waals surface area contributed by atoms with Gasteiger partial charge < -0.3 is 21.1 Å². The second-order valence-electron chi connectivity index (χ2n) is 6.47. The highest BCUT2D eigenvalue weighted by molar-refractivity contribution is 8.01. The van der Waals surface area contributed by atoms with Gasteiger partial charge in [-0.3, -0.25) is 9.59 Å². The van der Waals surface area contributed by atoms with Crippen molar-refractivity contribution in [2.75, 3.05) is 0 Å². The van der Waals surface area contributed by atoms with E-state index in [4.69, 9.17) is 5.73 Å². The zero-order valence-corrected chi connectivity index (χ0v) is 14.1. The molecule has 3 rings (SSSR count). The Hall–Kier alpha value is -2.06. The number of carbonyl (C=O) groups excluding carboxylic acids is 2. The number of hydrogen-bond donors (Lipinski definition) is 3. The van der Waals surface area contributed by atoms with E-state index in [2.05, 4.69) is 5.32 Å². The van der Waals surface area contributed by atoms with Crippen LogP contribution in [0.1, 0.15) is 25.5 Å². The lowest BCUT2D eigenvalue weighted by molar-refractivity contribution is -0.161. The van der Waals surface area contributed by atoms with Crippen LogP contribution in [-0.4, -0.2) is 50.0 Å². The summed E-state index contributed by atoms with van der Waals surface area (Å²) in [4.78, 5) is 37.5. The third kappa shape index (κ3) is 2.55. The molecule has 8 heteroatoms. The minimum Gasteiger partial charge on any atom is -0.480 e. The zero-order chi connectivity index (χ0) is 17.6. The second-order valence-corrected chi connectivity index (χ2v) is 8.24. The molecule has 1 aromatic rings. The van der Waals surface area contributed by atoms with Gasteiger partial charge in [0.1, 0.15) is 23.5 Å². The molecule has 2 aliphatic heterocycles. The van der Waals surface area contributed by atoms with Crippen LogP contribution in [0.15, 0.2) is 30.3 Å². The highest BCUT2D eigenvalue weighted by Crippen LogP contribution is 2.50. The average molecular weight is 349 g/mol. The Morgan fingerprint density at radius 2 is 1.96 bits per heavy atom. The first-order valence-corrected chi connectivity index (χ1v) is 8.45. The van der Waals surface area contributed by atoms with Crippen molar-refractivity contribution in [1.82, 2.24) is 10.2 Å². The quantitative estimate of drug-likeness (QED) is 0.675. The van der Waals surface area contributed by atoms with E-state index in [9.17, 15) is 19.5 Å². The van der Waals surface area contributed by atoms with Crippen LogP contribution in [0.4, 0.5) is 0 Å². The van der Waals surface area contributed by atoms with Crippen molar-refractivity contribution in [1.29, 1.82) is 0 Å². The molecular weight excluding hydrogens is 330 g/mol. The number of nitrogens with zero attached hydrogens (tertiary/aromatic N) is 1. The van der Waals surface area contributed by atoms with Crippen LogP contribution in [0, 0.1) is 0 Å². The number of fused-ring (bicyclic) bond motifs is 1. The summed E-state index contributed by atoms with van der Waals surface area (Å²) in [5.41, 5.74) is 6.59. The van der Waals surface area contributed by atoms with Gasteiger partial charge in [0.25, 0.3) is 0 Å². The van der Waals surface area contributed by atoms with Gasteiger partial charge in [0, 0.05) is 4.75 Å². The monoisotopic (exact) mass is 349 g/mol. The van der Waals surface area contributed by atoms with E-state index in [-0.39, 0.29) is 11.3 Å². The molecule has 0 aromatic heterocycles. The number of hydrogen-bond acceptors (Lipinski definition) is 5. The molecule has 4 atom stereocenters. The van der Waals surface area contributed by atoms with Gasteiger partial charge in [-0.2, -0.15) is 0 Å². The van der Waals surface area contributed by atoms with E-state index in [0.717, 1.165) is 0 Å². The highest BCUT2D eigenvalue weighted by atomic mass is 32.2. The molecule has 2 heterocycles. The number of benzene rings is 1. The summed E-state index contributed by atoms with van der Waals surface area (Å²) in [5.74, 6) is -1.86. The van der Waals surface area contributed by atoms with Crippen LogP contribution in [0.3, 0.4) is 0 Å². The fourth-order valence-corrected chi connectivity index (χ4v) is 4.83. The first-order chi connectivity index (χ1) is 11.2. The largest absolute Gasteiger partial charge is 0.480 e. The van der Waals surface area contributed by atoms with E-state index in [1.54, 1.807) is 38.1 Å². The molecule has 128 valence electrons. The maximum absolute atomic E-state index is 12.3. The van der Waals surface area contributed by atoms with Crippen LogP contribution >= 0.6 is 11.8 Å². The number of aliphatic carboxylic acids is 1. The number of β-lactam (4-membered cyclic amide) rings is 1. The number of nitrogens with one attached hydrogen (secondary N) is 1. The molecule has 0 radical (unpaired) electrons. The average Bonchev–Trinajstić information content (AvgIpc) is 2.80. The first kappa shape index (κ1) is 16.8. The number of amides is 2. The molecule has 4 N–H and O–H groups in total. The van der Waals surface area contributed by atoms with Gasteiger partial charge in [0.15, 0.2) is 0 Å². The summed E-state index contributed by atoms with van der Waals surface area (Å²) in [6, 6.07) is 6.38. The number of rotatable bonds is 4. The van der Waals surface area contributed by atoms with Crippen molar-refractivity contribution in [3.05, 3.63) is 35.9 Å². The van der Waals surface area contributed by atoms with E-state index >= 15 is 0 Å². The van der Waals surface area contributed by atoms with Crippen molar-refractivity contribution in [3.8, 4) is 0 Å². The van der Waals surface area contributed by atoms with E-state index in [0.29, 0.717) is 5.56 Å². The van der Waals surface area contributed by atoms with Crippen LogP contribution < -0.4 is 11.1 Å². The molecule has 7 nitrogen and oxygen atoms in total. The molecule has 1 unspecified atom stereocenters. The summed E-state index contributed by atoms with van der Waals surface area (Å²) in [7, 11) is 0. The van der Waals surface area contributed by atoms with Gasteiger partial charge in [-0.1, -0.05) is 30.3 Å². The van der Waals surface area contributed by atoms with E-state index in [1.807, 2.05) is 6.07 Å². The number of nitrogens with two attached hydrogens (primary N) is 1. The van der Waals surface area contributed by atoms with E-state index in [1.165, 1.54) is 16.7 Å². The Bertz CT molecular complexity index is 694.